The Morgan fingerprint density at radius 2 is 2.35 bits per heavy atom. The minimum atomic E-state index is 0.428. The maximum atomic E-state index is 5.13. The second-order valence-corrected chi connectivity index (χ2v) is 5.52. The number of rotatable bonds is 4. The van der Waals surface area contributed by atoms with Gasteiger partial charge in [0.25, 0.3) is 0 Å². The third kappa shape index (κ3) is 2.97. The van der Waals surface area contributed by atoms with Crippen molar-refractivity contribution >= 4 is 0 Å². The van der Waals surface area contributed by atoms with Gasteiger partial charge in [-0.05, 0) is 29.9 Å². The van der Waals surface area contributed by atoms with Crippen molar-refractivity contribution in [1.82, 2.24) is 10.3 Å². The van der Waals surface area contributed by atoms with Gasteiger partial charge in [-0.1, -0.05) is 20.3 Å². The molecule has 3 heteroatoms. The van der Waals surface area contributed by atoms with E-state index >= 15 is 0 Å². The molecular formula is C14H22N2O. The smallest absolute Gasteiger partial charge is 0.213 e. The van der Waals surface area contributed by atoms with E-state index in [2.05, 4.69) is 24.1 Å². The average Bonchev–Trinajstić information content (AvgIpc) is 2.66. The number of nitrogens with zero attached hydrogens (tertiary/aromatic N) is 1. The van der Waals surface area contributed by atoms with Gasteiger partial charge < -0.3 is 10.1 Å². The van der Waals surface area contributed by atoms with Gasteiger partial charge in [-0.2, -0.15) is 0 Å². The Morgan fingerprint density at radius 1 is 1.53 bits per heavy atom. The van der Waals surface area contributed by atoms with Crippen molar-refractivity contribution in [3.05, 3.63) is 23.9 Å². The van der Waals surface area contributed by atoms with E-state index in [0.717, 1.165) is 6.54 Å². The zero-order valence-electron chi connectivity index (χ0n) is 11.0. The van der Waals surface area contributed by atoms with Gasteiger partial charge >= 0.3 is 0 Å². The normalized spacial score (nSPS) is 22.6. The van der Waals surface area contributed by atoms with Crippen LogP contribution in [0.25, 0.3) is 0 Å². The SMILES string of the molecule is COc1cc(CNC2CCCC2(C)C)ccn1. The van der Waals surface area contributed by atoms with Gasteiger partial charge in [-0.25, -0.2) is 4.98 Å². The number of aromatic nitrogens is 1. The van der Waals surface area contributed by atoms with Gasteiger partial charge in [0.05, 0.1) is 7.11 Å². The minimum Gasteiger partial charge on any atom is -0.481 e. The lowest BCUT2D eigenvalue weighted by molar-refractivity contribution is 0.282. The highest BCUT2D eigenvalue weighted by Crippen LogP contribution is 2.37. The summed E-state index contributed by atoms with van der Waals surface area (Å²) in [5.74, 6) is 0.690. The first kappa shape index (κ1) is 12.4. The predicted molar refractivity (Wildman–Crippen MR) is 69.0 cm³/mol. The summed E-state index contributed by atoms with van der Waals surface area (Å²) >= 11 is 0. The molecule has 0 saturated heterocycles. The molecule has 0 aliphatic heterocycles. The van der Waals surface area contributed by atoms with E-state index in [1.54, 1.807) is 13.3 Å². The van der Waals surface area contributed by atoms with E-state index in [4.69, 9.17) is 4.74 Å². The molecule has 1 unspecified atom stereocenters. The van der Waals surface area contributed by atoms with Crippen LogP contribution >= 0.6 is 0 Å². The summed E-state index contributed by atoms with van der Waals surface area (Å²) in [7, 11) is 1.65. The number of pyridine rings is 1. The summed E-state index contributed by atoms with van der Waals surface area (Å²) in [6, 6.07) is 4.66. The fourth-order valence-electron chi connectivity index (χ4n) is 2.62. The van der Waals surface area contributed by atoms with E-state index in [1.165, 1.54) is 24.8 Å². The highest BCUT2D eigenvalue weighted by molar-refractivity contribution is 5.20. The third-order valence-electron chi connectivity index (χ3n) is 3.82. The molecule has 3 nitrogen and oxygen atoms in total. The molecule has 17 heavy (non-hydrogen) atoms. The quantitative estimate of drug-likeness (QED) is 0.870. The van der Waals surface area contributed by atoms with Crippen molar-refractivity contribution < 1.29 is 4.74 Å². The molecule has 0 aromatic carbocycles. The molecule has 0 radical (unpaired) electrons. The molecule has 0 spiro atoms. The molecule has 1 aliphatic rings. The van der Waals surface area contributed by atoms with Crippen molar-refractivity contribution in [1.29, 1.82) is 0 Å². The molecular weight excluding hydrogens is 212 g/mol. The van der Waals surface area contributed by atoms with Crippen LogP contribution in [-0.4, -0.2) is 18.1 Å². The Balaban J connectivity index is 1.93. The molecule has 1 aromatic rings. The molecule has 94 valence electrons. The maximum absolute atomic E-state index is 5.13. The molecule has 1 N–H and O–H groups in total. The number of hydrogen-bond acceptors (Lipinski definition) is 3. The first-order chi connectivity index (χ1) is 8.12. The van der Waals surface area contributed by atoms with E-state index in [9.17, 15) is 0 Å². The van der Waals surface area contributed by atoms with Gasteiger partial charge in [0.2, 0.25) is 5.88 Å². The van der Waals surface area contributed by atoms with E-state index in [-0.39, 0.29) is 0 Å². The van der Waals surface area contributed by atoms with Crippen molar-refractivity contribution in [2.75, 3.05) is 7.11 Å². The Morgan fingerprint density at radius 3 is 3.00 bits per heavy atom. The van der Waals surface area contributed by atoms with Crippen LogP contribution in [0.3, 0.4) is 0 Å². The average molecular weight is 234 g/mol. The lowest BCUT2D eigenvalue weighted by atomic mass is 9.87. The van der Waals surface area contributed by atoms with Gasteiger partial charge in [0, 0.05) is 24.8 Å². The summed E-state index contributed by atoms with van der Waals surface area (Å²) in [6.45, 7) is 5.60. The largest absolute Gasteiger partial charge is 0.481 e. The molecule has 1 heterocycles. The molecule has 2 rings (SSSR count). The molecule has 1 fully saturated rings. The molecule has 1 aromatic heterocycles. The highest BCUT2D eigenvalue weighted by atomic mass is 16.5. The molecule has 0 amide bonds. The van der Waals surface area contributed by atoms with Crippen molar-refractivity contribution in [2.45, 2.75) is 45.7 Å². The van der Waals surface area contributed by atoms with Crippen LogP contribution in [0.1, 0.15) is 38.7 Å². The molecule has 1 atom stereocenters. The van der Waals surface area contributed by atoms with Gasteiger partial charge in [0.1, 0.15) is 0 Å². The van der Waals surface area contributed by atoms with Crippen LogP contribution in [0.4, 0.5) is 0 Å². The van der Waals surface area contributed by atoms with Crippen molar-refractivity contribution in [3.8, 4) is 5.88 Å². The second-order valence-electron chi connectivity index (χ2n) is 5.52. The zero-order valence-corrected chi connectivity index (χ0v) is 11.0. The highest BCUT2D eigenvalue weighted by Gasteiger charge is 2.33. The predicted octanol–water partition coefficient (Wildman–Crippen LogP) is 2.76. The second kappa shape index (κ2) is 5.05. The molecule has 1 aliphatic carbocycles. The Kier molecular flexibility index (Phi) is 3.67. The van der Waals surface area contributed by atoms with Crippen LogP contribution < -0.4 is 10.1 Å². The summed E-state index contributed by atoms with van der Waals surface area (Å²) in [5, 5.41) is 3.66. The Hall–Kier alpha value is -1.09. The maximum Gasteiger partial charge on any atom is 0.213 e. The van der Waals surface area contributed by atoms with E-state index < -0.39 is 0 Å². The molecule has 1 saturated carbocycles. The Labute approximate surface area is 104 Å². The van der Waals surface area contributed by atoms with Crippen LogP contribution in [0.5, 0.6) is 5.88 Å². The van der Waals surface area contributed by atoms with Crippen molar-refractivity contribution in [2.24, 2.45) is 5.41 Å². The monoisotopic (exact) mass is 234 g/mol. The van der Waals surface area contributed by atoms with Crippen LogP contribution in [-0.2, 0) is 6.54 Å². The minimum absolute atomic E-state index is 0.428. The van der Waals surface area contributed by atoms with Crippen molar-refractivity contribution in [3.63, 3.8) is 0 Å². The first-order valence-electron chi connectivity index (χ1n) is 6.34. The number of ether oxygens (including phenoxy) is 1. The number of methoxy groups -OCH3 is 1. The fraction of sp³-hybridized carbons (Fsp3) is 0.643. The lowest BCUT2D eigenvalue weighted by Gasteiger charge is -2.28. The first-order valence-corrected chi connectivity index (χ1v) is 6.34. The summed E-state index contributed by atoms with van der Waals surface area (Å²) in [4.78, 5) is 4.12. The topological polar surface area (TPSA) is 34.1 Å². The van der Waals surface area contributed by atoms with Crippen LogP contribution in [0, 0.1) is 5.41 Å². The van der Waals surface area contributed by atoms with Crippen LogP contribution in [0.2, 0.25) is 0 Å². The van der Waals surface area contributed by atoms with Gasteiger partial charge in [-0.3, -0.25) is 0 Å². The lowest BCUT2D eigenvalue weighted by Crippen LogP contribution is -2.37. The Bertz CT molecular complexity index is 376. The molecule has 0 bridgehead atoms. The van der Waals surface area contributed by atoms with E-state index in [1.807, 2.05) is 12.1 Å². The summed E-state index contributed by atoms with van der Waals surface area (Å²) < 4.78 is 5.13. The number of hydrogen-bond donors (Lipinski definition) is 1. The van der Waals surface area contributed by atoms with E-state index in [0.29, 0.717) is 17.3 Å². The summed E-state index contributed by atoms with van der Waals surface area (Å²) in [5.41, 5.74) is 1.66. The zero-order chi connectivity index (χ0) is 12.3. The standard InChI is InChI=1S/C14H22N2O/c1-14(2)7-4-5-12(14)16-10-11-6-8-15-13(9-11)17-3/h6,8-9,12,16H,4-5,7,10H2,1-3H3. The third-order valence-corrected chi connectivity index (χ3v) is 3.82. The summed E-state index contributed by atoms with van der Waals surface area (Å²) in [6.07, 6.45) is 5.75. The van der Waals surface area contributed by atoms with Gasteiger partial charge in [-0.15, -0.1) is 0 Å². The number of nitrogens with one attached hydrogen (secondary N) is 1. The van der Waals surface area contributed by atoms with Crippen LogP contribution in [0.15, 0.2) is 18.3 Å². The fourth-order valence-corrected chi connectivity index (χ4v) is 2.62. The van der Waals surface area contributed by atoms with Gasteiger partial charge in [0.15, 0.2) is 0 Å².